The summed E-state index contributed by atoms with van der Waals surface area (Å²) in [5, 5.41) is 3.16. The first kappa shape index (κ1) is 13.1. The van der Waals surface area contributed by atoms with Gasteiger partial charge in [-0.25, -0.2) is 0 Å². The molecule has 0 heterocycles. The van der Waals surface area contributed by atoms with E-state index in [1.807, 2.05) is 49.5 Å². The van der Waals surface area contributed by atoms with Crippen LogP contribution in [-0.4, -0.2) is 13.6 Å². The van der Waals surface area contributed by atoms with Gasteiger partial charge in [0.05, 0.1) is 0 Å². The summed E-state index contributed by atoms with van der Waals surface area (Å²) >= 11 is 3.44. The van der Waals surface area contributed by atoms with E-state index in [1.54, 1.807) is 0 Å². The molecule has 18 heavy (non-hydrogen) atoms. The molecule has 0 amide bonds. The first-order valence-corrected chi connectivity index (χ1v) is 6.70. The zero-order chi connectivity index (χ0) is 12.8. The highest BCUT2D eigenvalue weighted by molar-refractivity contribution is 9.10. The van der Waals surface area contributed by atoms with Gasteiger partial charge in [-0.1, -0.05) is 46.3 Å². The van der Waals surface area contributed by atoms with Crippen LogP contribution < -0.4 is 10.1 Å². The molecule has 2 rings (SSSR count). The van der Waals surface area contributed by atoms with E-state index >= 15 is 0 Å². The number of rotatable bonds is 5. The highest BCUT2D eigenvalue weighted by Gasteiger charge is 2.12. The molecule has 1 N–H and O–H groups in total. The lowest BCUT2D eigenvalue weighted by molar-refractivity contribution is 0.205. The third kappa shape index (κ3) is 3.59. The van der Waals surface area contributed by atoms with Crippen LogP contribution in [0.25, 0.3) is 0 Å². The second-order valence-corrected chi connectivity index (χ2v) is 4.94. The van der Waals surface area contributed by atoms with Gasteiger partial charge in [0.25, 0.3) is 0 Å². The Labute approximate surface area is 116 Å². The fourth-order valence-electron chi connectivity index (χ4n) is 1.75. The molecule has 0 saturated carbocycles. The molecule has 2 nitrogen and oxygen atoms in total. The number of nitrogens with one attached hydrogen (secondary N) is 1. The summed E-state index contributed by atoms with van der Waals surface area (Å²) < 4.78 is 7.08. The van der Waals surface area contributed by atoms with Gasteiger partial charge < -0.3 is 10.1 Å². The molecular weight excluding hydrogens is 290 g/mol. The van der Waals surface area contributed by atoms with Crippen LogP contribution in [0.15, 0.2) is 59.1 Å². The Kier molecular flexibility index (Phi) is 4.79. The van der Waals surface area contributed by atoms with Crippen molar-refractivity contribution in [1.82, 2.24) is 5.32 Å². The minimum Gasteiger partial charge on any atom is -0.484 e. The van der Waals surface area contributed by atoms with Crippen molar-refractivity contribution >= 4 is 15.9 Å². The summed E-state index contributed by atoms with van der Waals surface area (Å²) in [6.45, 7) is 0.774. The fraction of sp³-hybridized carbons (Fsp3) is 0.200. The second-order valence-electron chi connectivity index (χ2n) is 4.03. The molecule has 2 aromatic rings. The van der Waals surface area contributed by atoms with Crippen molar-refractivity contribution in [2.75, 3.05) is 13.6 Å². The Morgan fingerprint density at radius 1 is 1.06 bits per heavy atom. The molecular formula is C15H16BrNO. The molecule has 1 unspecified atom stereocenters. The van der Waals surface area contributed by atoms with Crippen molar-refractivity contribution in [3.8, 4) is 5.75 Å². The summed E-state index contributed by atoms with van der Waals surface area (Å²) in [5.74, 6) is 0.890. The summed E-state index contributed by atoms with van der Waals surface area (Å²) in [6.07, 6.45) is 0.0190. The van der Waals surface area contributed by atoms with Crippen molar-refractivity contribution in [2.45, 2.75) is 6.10 Å². The van der Waals surface area contributed by atoms with Crippen molar-refractivity contribution in [3.05, 3.63) is 64.6 Å². The number of hydrogen-bond acceptors (Lipinski definition) is 2. The largest absolute Gasteiger partial charge is 0.484 e. The summed E-state index contributed by atoms with van der Waals surface area (Å²) in [7, 11) is 1.93. The van der Waals surface area contributed by atoms with Gasteiger partial charge in [-0.15, -0.1) is 0 Å². The molecule has 94 valence electrons. The molecule has 3 heteroatoms. The van der Waals surface area contributed by atoms with Gasteiger partial charge in [0, 0.05) is 11.0 Å². The maximum atomic E-state index is 6.00. The molecule has 1 atom stereocenters. The number of para-hydroxylation sites is 1. The Morgan fingerprint density at radius 3 is 2.33 bits per heavy atom. The Balaban J connectivity index is 2.15. The lowest BCUT2D eigenvalue weighted by atomic mass is 10.1. The molecule has 0 aromatic heterocycles. The topological polar surface area (TPSA) is 21.3 Å². The molecule has 0 aliphatic heterocycles. The van der Waals surface area contributed by atoms with Gasteiger partial charge in [0.2, 0.25) is 0 Å². The monoisotopic (exact) mass is 305 g/mol. The zero-order valence-electron chi connectivity index (χ0n) is 10.3. The average Bonchev–Trinajstić information content (AvgIpc) is 2.40. The van der Waals surface area contributed by atoms with Gasteiger partial charge in [-0.05, 0) is 36.9 Å². The maximum absolute atomic E-state index is 6.00. The van der Waals surface area contributed by atoms with E-state index in [1.165, 1.54) is 0 Å². The average molecular weight is 306 g/mol. The van der Waals surface area contributed by atoms with Gasteiger partial charge in [-0.3, -0.25) is 0 Å². The quantitative estimate of drug-likeness (QED) is 0.907. The summed E-state index contributed by atoms with van der Waals surface area (Å²) in [5.41, 5.74) is 1.16. The van der Waals surface area contributed by atoms with Crippen LogP contribution >= 0.6 is 15.9 Å². The third-order valence-electron chi connectivity index (χ3n) is 2.65. The molecule has 0 saturated heterocycles. The number of likely N-dealkylation sites (N-methyl/N-ethyl adjacent to an activating group) is 1. The van der Waals surface area contributed by atoms with Crippen LogP contribution in [0.2, 0.25) is 0 Å². The Bertz CT molecular complexity index is 470. The van der Waals surface area contributed by atoms with Gasteiger partial charge in [-0.2, -0.15) is 0 Å². The minimum absolute atomic E-state index is 0.0190. The maximum Gasteiger partial charge on any atom is 0.136 e. The van der Waals surface area contributed by atoms with E-state index in [-0.39, 0.29) is 6.10 Å². The lowest BCUT2D eigenvalue weighted by Crippen LogP contribution is -2.21. The van der Waals surface area contributed by atoms with E-state index in [4.69, 9.17) is 4.74 Å². The van der Waals surface area contributed by atoms with Crippen LogP contribution in [0.3, 0.4) is 0 Å². The molecule has 0 aliphatic rings. The first-order valence-electron chi connectivity index (χ1n) is 5.91. The van der Waals surface area contributed by atoms with Crippen LogP contribution in [0.1, 0.15) is 11.7 Å². The number of hydrogen-bond donors (Lipinski definition) is 1. The Morgan fingerprint density at radius 2 is 1.72 bits per heavy atom. The van der Waals surface area contributed by atoms with Gasteiger partial charge in [0.15, 0.2) is 0 Å². The number of benzene rings is 2. The van der Waals surface area contributed by atoms with Gasteiger partial charge in [0.1, 0.15) is 11.9 Å². The minimum atomic E-state index is 0.0190. The smallest absolute Gasteiger partial charge is 0.136 e. The number of ether oxygens (including phenoxy) is 1. The summed E-state index contributed by atoms with van der Waals surface area (Å²) in [6, 6.07) is 18.1. The molecule has 0 bridgehead atoms. The van der Waals surface area contributed by atoms with E-state index in [0.717, 1.165) is 22.3 Å². The normalized spacial score (nSPS) is 12.1. The van der Waals surface area contributed by atoms with E-state index < -0.39 is 0 Å². The first-order chi connectivity index (χ1) is 8.79. The van der Waals surface area contributed by atoms with Crippen LogP contribution in [-0.2, 0) is 0 Å². The Hall–Kier alpha value is -1.32. The number of halogens is 1. The van der Waals surface area contributed by atoms with Crippen LogP contribution in [0, 0.1) is 0 Å². The third-order valence-corrected chi connectivity index (χ3v) is 3.18. The predicted molar refractivity (Wildman–Crippen MR) is 77.9 cm³/mol. The van der Waals surface area contributed by atoms with E-state index in [2.05, 4.69) is 33.4 Å². The lowest BCUT2D eigenvalue weighted by Gasteiger charge is -2.19. The highest BCUT2D eigenvalue weighted by atomic mass is 79.9. The standard InChI is InChI=1S/C15H16BrNO/c1-17-11-15(12-7-9-13(16)10-8-12)18-14-5-3-2-4-6-14/h2-10,15,17H,11H2,1H3. The van der Waals surface area contributed by atoms with Gasteiger partial charge >= 0.3 is 0 Å². The van der Waals surface area contributed by atoms with Crippen molar-refractivity contribution in [2.24, 2.45) is 0 Å². The molecule has 2 aromatic carbocycles. The molecule has 0 fully saturated rings. The zero-order valence-corrected chi connectivity index (χ0v) is 11.9. The predicted octanol–water partition coefficient (Wildman–Crippen LogP) is 3.79. The van der Waals surface area contributed by atoms with Crippen molar-refractivity contribution in [1.29, 1.82) is 0 Å². The van der Waals surface area contributed by atoms with E-state index in [0.29, 0.717) is 0 Å². The highest BCUT2D eigenvalue weighted by Crippen LogP contribution is 2.22. The fourth-order valence-corrected chi connectivity index (χ4v) is 2.02. The molecule has 0 spiro atoms. The second kappa shape index (κ2) is 6.57. The van der Waals surface area contributed by atoms with Crippen LogP contribution in [0.4, 0.5) is 0 Å². The molecule has 0 aliphatic carbocycles. The van der Waals surface area contributed by atoms with Crippen molar-refractivity contribution in [3.63, 3.8) is 0 Å². The van der Waals surface area contributed by atoms with Crippen LogP contribution in [0.5, 0.6) is 5.75 Å². The van der Waals surface area contributed by atoms with E-state index in [9.17, 15) is 0 Å². The summed E-state index contributed by atoms with van der Waals surface area (Å²) in [4.78, 5) is 0. The SMILES string of the molecule is CNCC(Oc1ccccc1)c1ccc(Br)cc1. The van der Waals surface area contributed by atoms with Crippen molar-refractivity contribution < 1.29 is 4.74 Å². The molecule has 0 radical (unpaired) electrons.